The summed E-state index contributed by atoms with van der Waals surface area (Å²) in [6, 6.07) is 11.8. The zero-order chi connectivity index (χ0) is 21.0. The Morgan fingerprint density at radius 2 is 1.52 bits per heavy atom. The van der Waals surface area contributed by atoms with Crippen molar-refractivity contribution in [1.82, 2.24) is 4.90 Å². The molecule has 2 aromatic carbocycles. The van der Waals surface area contributed by atoms with Crippen LogP contribution in [0, 0.1) is 16.0 Å². The third kappa shape index (κ3) is 4.75. The van der Waals surface area contributed by atoms with Gasteiger partial charge in [-0.2, -0.15) is 0 Å². The predicted octanol–water partition coefficient (Wildman–Crippen LogP) is 2.18. The number of rotatable bonds is 5. The van der Waals surface area contributed by atoms with Crippen LogP contribution in [0.15, 0.2) is 48.5 Å². The molecule has 1 saturated heterocycles. The summed E-state index contributed by atoms with van der Waals surface area (Å²) < 4.78 is 0. The van der Waals surface area contributed by atoms with Crippen molar-refractivity contribution in [2.45, 2.75) is 12.8 Å². The van der Waals surface area contributed by atoms with Gasteiger partial charge < -0.3 is 16.0 Å². The van der Waals surface area contributed by atoms with Crippen LogP contribution in [0.2, 0.25) is 0 Å². The maximum absolute atomic E-state index is 12.6. The van der Waals surface area contributed by atoms with Crippen LogP contribution in [0.25, 0.3) is 0 Å². The summed E-state index contributed by atoms with van der Waals surface area (Å²) in [6.45, 7) is 0.850. The lowest BCUT2D eigenvalue weighted by Crippen LogP contribution is -2.41. The van der Waals surface area contributed by atoms with Crippen molar-refractivity contribution < 1.29 is 19.3 Å². The molecule has 0 spiro atoms. The zero-order valence-corrected chi connectivity index (χ0v) is 15.5. The maximum atomic E-state index is 12.6. The van der Waals surface area contributed by atoms with E-state index in [1.165, 1.54) is 24.3 Å². The van der Waals surface area contributed by atoms with Gasteiger partial charge in [-0.1, -0.05) is 0 Å². The lowest BCUT2D eigenvalue weighted by atomic mass is 9.95. The quantitative estimate of drug-likeness (QED) is 0.590. The van der Waals surface area contributed by atoms with Crippen LogP contribution in [0.5, 0.6) is 0 Å². The monoisotopic (exact) mass is 396 g/mol. The van der Waals surface area contributed by atoms with E-state index in [2.05, 4.69) is 5.32 Å². The van der Waals surface area contributed by atoms with E-state index >= 15 is 0 Å². The highest BCUT2D eigenvalue weighted by atomic mass is 16.6. The van der Waals surface area contributed by atoms with Crippen LogP contribution in [-0.2, 0) is 4.79 Å². The predicted molar refractivity (Wildman–Crippen MR) is 105 cm³/mol. The lowest BCUT2D eigenvalue weighted by Gasteiger charge is -2.31. The van der Waals surface area contributed by atoms with Gasteiger partial charge >= 0.3 is 0 Å². The number of benzene rings is 2. The molecule has 0 bridgehead atoms. The van der Waals surface area contributed by atoms with Gasteiger partial charge in [-0.15, -0.1) is 0 Å². The Kier molecular flexibility index (Phi) is 5.87. The molecule has 0 unspecified atom stereocenters. The second-order valence-corrected chi connectivity index (χ2v) is 6.80. The van der Waals surface area contributed by atoms with Crippen molar-refractivity contribution in [3.63, 3.8) is 0 Å². The van der Waals surface area contributed by atoms with E-state index in [9.17, 15) is 24.5 Å². The van der Waals surface area contributed by atoms with Gasteiger partial charge in [-0.25, -0.2) is 0 Å². The molecule has 3 rings (SSSR count). The van der Waals surface area contributed by atoms with Gasteiger partial charge in [0.05, 0.1) is 4.92 Å². The van der Waals surface area contributed by atoms with Crippen molar-refractivity contribution in [3.8, 4) is 0 Å². The third-order valence-corrected chi connectivity index (χ3v) is 4.91. The number of nitrogens with one attached hydrogen (secondary N) is 1. The van der Waals surface area contributed by atoms with E-state index in [0.29, 0.717) is 42.7 Å². The number of hydrogen-bond donors (Lipinski definition) is 2. The number of likely N-dealkylation sites (tertiary alicyclic amines) is 1. The fourth-order valence-corrected chi connectivity index (χ4v) is 3.22. The Labute approximate surface area is 166 Å². The lowest BCUT2D eigenvalue weighted by molar-refractivity contribution is -0.384. The molecule has 2 aromatic rings. The van der Waals surface area contributed by atoms with Crippen LogP contribution in [0.4, 0.5) is 11.4 Å². The summed E-state index contributed by atoms with van der Waals surface area (Å²) in [5, 5.41) is 13.5. The van der Waals surface area contributed by atoms with Crippen LogP contribution in [0.3, 0.4) is 0 Å². The number of hydrogen-bond acceptors (Lipinski definition) is 5. The van der Waals surface area contributed by atoms with Crippen LogP contribution < -0.4 is 11.1 Å². The second-order valence-electron chi connectivity index (χ2n) is 6.80. The third-order valence-electron chi connectivity index (χ3n) is 4.91. The molecule has 9 nitrogen and oxygen atoms in total. The first kappa shape index (κ1) is 20.0. The Hall–Kier alpha value is -3.75. The summed E-state index contributed by atoms with van der Waals surface area (Å²) in [4.78, 5) is 48.0. The number of piperidine rings is 1. The van der Waals surface area contributed by atoms with Crippen molar-refractivity contribution in [1.29, 1.82) is 0 Å². The Balaban J connectivity index is 1.54. The molecule has 1 fully saturated rings. The largest absolute Gasteiger partial charge is 0.366 e. The maximum Gasteiger partial charge on any atom is 0.269 e. The van der Waals surface area contributed by atoms with Gasteiger partial charge in [0.1, 0.15) is 0 Å². The molecule has 3 amide bonds. The Morgan fingerprint density at radius 3 is 2.03 bits per heavy atom. The molecule has 0 atom stereocenters. The minimum absolute atomic E-state index is 0.0687. The number of nitrogens with two attached hydrogens (primary N) is 1. The van der Waals surface area contributed by atoms with Crippen molar-refractivity contribution >= 4 is 29.1 Å². The minimum Gasteiger partial charge on any atom is -0.366 e. The highest BCUT2D eigenvalue weighted by Crippen LogP contribution is 2.22. The fourth-order valence-electron chi connectivity index (χ4n) is 3.22. The van der Waals surface area contributed by atoms with Crippen LogP contribution >= 0.6 is 0 Å². The molecular weight excluding hydrogens is 376 g/mol. The van der Waals surface area contributed by atoms with Crippen LogP contribution in [-0.4, -0.2) is 40.6 Å². The standard InChI is InChI=1S/C20H20N4O5/c21-18(25)13-1-5-16(6-2-13)22-19(26)14-9-11-23(12-10-14)20(27)15-3-7-17(8-4-15)24(28)29/h1-8,14H,9-12H2,(H2,21,25)(H,22,26). The Bertz CT molecular complexity index is 932. The number of carbonyl (C=O) groups excluding carboxylic acids is 3. The average Bonchev–Trinajstić information content (AvgIpc) is 2.73. The molecule has 0 radical (unpaired) electrons. The molecule has 0 aliphatic carbocycles. The van der Waals surface area contributed by atoms with Gasteiger partial charge in [0.25, 0.3) is 11.6 Å². The van der Waals surface area contributed by atoms with Gasteiger partial charge in [0.15, 0.2) is 0 Å². The van der Waals surface area contributed by atoms with E-state index in [-0.39, 0.29) is 23.4 Å². The van der Waals surface area contributed by atoms with Gasteiger partial charge in [-0.05, 0) is 49.2 Å². The summed E-state index contributed by atoms with van der Waals surface area (Å²) in [5.41, 5.74) is 6.44. The number of non-ortho nitro benzene ring substituents is 1. The SMILES string of the molecule is NC(=O)c1ccc(NC(=O)C2CCN(C(=O)c3ccc([N+](=O)[O-])cc3)CC2)cc1. The van der Waals surface area contributed by atoms with E-state index in [0.717, 1.165) is 0 Å². The first-order chi connectivity index (χ1) is 13.8. The number of nitrogens with zero attached hydrogens (tertiary/aromatic N) is 2. The highest BCUT2D eigenvalue weighted by molar-refractivity contribution is 5.96. The van der Waals surface area contributed by atoms with Crippen molar-refractivity contribution in [2.75, 3.05) is 18.4 Å². The number of anilines is 1. The van der Waals surface area contributed by atoms with Gasteiger partial charge in [-0.3, -0.25) is 24.5 Å². The summed E-state index contributed by atoms with van der Waals surface area (Å²) in [7, 11) is 0. The van der Waals surface area contributed by atoms with Crippen molar-refractivity contribution in [2.24, 2.45) is 11.7 Å². The molecule has 150 valence electrons. The number of amides is 3. The van der Waals surface area contributed by atoms with E-state index in [1.807, 2.05) is 0 Å². The molecule has 3 N–H and O–H groups in total. The number of nitro benzene ring substituents is 1. The molecule has 1 aliphatic rings. The molecule has 9 heteroatoms. The number of nitro groups is 1. The summed E-state index contributed by atoms with van der Waals surface area (Å²) in [6.07, 6.45) is 1.04. The molecule has 1 heterocycles. The minimum atomic E-state index is -0.534. The second kappa shape index (κ2) is 8.51. The summed E-state index contributed by atoms with van der Waals surface area (Å²) in [5.74, 6) is -1.11. The number of primary amides is 1. The normalized spacial score (nSPS) is 14.3. The van der Waals surface area contributed by atoms with E-state index in [1.54, 1.807) is 29.2 Å². The Morgan fingerprint density at radius 1 is 0.966 bits per heavy atom. The summed E-state index contributed by atoms with van der Waals surface area (Å²) >= 11 is 0. The molecule has 1 aliphatic heterocycles. The molecular formula is C20H20N4O5. The fraction of sp³-hybridized carbons (Fsp3) is 0.250. The van der Waals surface area contributed by atoms with Gasteiger partial charge in [0.2, 0.25) is 11.8 Å². The van der Waals surface area contributed by atoms with E-state index < -0.39 is 10.8 Å². The zero-order valence-electron chi connectivity index (χ0n) is 15.5. The molecule has 0 saturated carbocycles. The number of carbonyl (C=O) groups is 3. The first-order valence-electron chi connectivity index (χ1n) is 9.09. The molecule has 0 aromatic heterocycles. The van der Waals surface area contributed by atoms with E-state index in [4.69, 9.17) is 5.73 Å². The van der Waals surface area contributed by atoms with Crippen molar-refractivity contribution in [3.05, 3.63) is 69.8 Å². The first-order valence-corrected chi connectivity index (χ1v) is 9.09. The topological polar surface area (TPSA) is 136 Å². The average molecular weight is 396 g/mol. The highest BCUT2D eigenvalue weighted by Gasteiger charge is 2.28. The van der Waals surface area contributed by atoms with Gasteiger partial charge in [0, 0.05) is 48.0 Å². The smallest absolute Gasteiger partial charge is 0.269 e. The molecule has 29 heavy (non-hydrogen) atoms. The van der Waals surface area contributed by atoms with Crippen LogP contribution in [0.1, 0.15) is 33.6 Å².